The Morgan fingerprint density at radius 1 is 0.789 bits per heavy atom. The van der Waals surface area contributed by atoms with E-state index in [1.165, 1.54) is 0 Å². The lowest BCUT2D eigenvalue weighted by molar-refractivity contribution is -0.143. The number of nitrogens with one attached hydrogen (secondary N) is 1. The second-order valence-corrected chi connectivity index (χ2v) is 8.83. The largest absolute Gasteiger partial charge is 0.484 e. The van der Waals surface area contributed by atoms with Crippen molar-refractivity contribution in [3.8, 4) is 17.2 Å². The fourth-order valence-corrected chi connectivity index (χ4v) is 4.29. The smallest absolute Gasteiger partial charge is 0.261 e. The van der Waals surface area contributed by atoms with Crippen LogP contribution >= 0.6 is 0 Å². The molecular weight excluding hydrogens is 480 g/mol. The summed E-state index contributed by atoms with van der Waals surface area (Å²) in [6.45, 7) is 0.500. The molecule has 0 fully saturated rings. The summed E-state index contributed by atoms with van der Waals surface area (Å²) in [6, 6.07) is 32.8. The molecule has 0 radical (unpaired) electrons. The lowest BCUT2D eigenvalue weighted by Gasteiger charge is -2.31. The van der Waals surface area contributed by atoms with E-state index in [2.05, 4.69) is 5.32 Å². The van der Waals surface area contributed by atoms with E-state index in [1.807, 2.05) is 97.1 Å². The number of amides is 2. The summed E-state index contributed by atoms with van der Waals surface area (Å²) in [5.74, 6) is 1.32. The van der Waals surface area contributed by atoms with E-state index >= 15 is 0 Å². The molecule has 5 rings (SSSR count). The number of carbonyl (C=O) groups is 2. The molecule has 1 heterocycles. The molecule has 4 aromatic carbocycles. The lowest BCUT2D eigenvalue weighted by Crippen LogP contribution is -2.45. The Balaban J connectivity index is 1.40. The molecule has 0 spiro atoms. The summed E-state index contributed by atoms with van der Waals surface area (Å²) in [7, 11) is 0. The molecule has 0 aromatic heterocycles. The lowest BCUT2D eigenvalue weighted by atomic mass is 10.0. The minimum absolute atomic E-state index is 0.183. The molecule has 0 unspecified atom stereocenters. The van der Waals surface area contributed by atoms with Crippen LogP contribution in [-0.2, 0) is 22.7 Å². The van der Waals surface area contributed by atoms with Crippen molar-refractivity contribution in [2.75, 3.05) is 13.4 Å². The summed E-state index contributed by atoms with van der Waals surface area (Å²) in [6.07, 6.45) is 0. The fourth-order valence-electron chi connectivity index (χ4n) is 4.29. The Morgan fingerprint density at radius 3 is 2.18 bits per heavy atom. The first-order valence-corrected chi connectivity index (χ1v) is 12.4. The minimum Gasteiger partial charge on any atom is -0.484 e. The molecular formula is C31H28N2O5. The van der Waals surface area contributed by atoms with Crippen molar-refractivity contribution in [3.05, 3.63) is 126 Å². The van der Waals surface area contributed by atoms with Gasteiger partial charge in [-0.05, 0) is 41.0 Å². The standard InChI is InChI=1S/C31H28N2O5/c34-29(21-36-26-14-8-3-9-15-26)33(20-23-10-4-1-5-11-23)30(25-12-6-2-7-13-25)31(35)32-19-24-16-17-27-28(18-24)38-22-37-27/h1-18,30H,19-22H2,(H,32,35)/t30-/m0/s1. The van der Waals surface area contributed by atoms with Crippen molar-refractivity contribution in [3.63, 3.8) is 0 Å². The van der Waals surface area contributed by atoms with Crippen LogP contribution in [0.3, 0.4) is 0 Å². The number of hydrogen-bond donors (Lipinski definition) is 1. The number of para-hydroxylation sites is 1. The van der Waals surface area contributed by atoms with Gasteiger partial charge in [0.25, 0.3) is 5.91 Å². The number of fused-ring (bicyclic) bond motifs is 1. The van der Waals surface area contributed by atoms with E-state index in [0.717, 1.165) is 11.1 Å². The van der Waals surface area contributed by atoms with Crippen LogP contribution in [-0.4, -0.2) is 30.1 Å². The number of hydrogen-bond acceptors (Lipinski definition) is 5. The molecule has 1 N–H and O–H groups in total. The molecule has 192 valence electrons. The number of nitrogens with zero attached hydrogens (tertiary/aromatic N) is 1. The van der Waals surface area contributed by atoms with Crippen molar-refractivity contribution < 1.29 is 23.8 Å². The predicted molar refractivity (Wildman–Crippen MR) is 143 cm³/mol. The van der Waals surface area contributed by atoms with Crippen LogP contribution in [0.5, 0.6) is 17.2 Å². The van der Waals surface area contributed by atoms with Gasteiger partial charge in [0.15, 0.2) is 18.1 Å². The molecule has 0 saturated heterocycles. The van der Waals surface area contributed by atoms with Gasteiger partial charge in [-0.15, -0.1) is 0 Å². The summed E-state index contributed by atoms with van der Waals surface area (Å²) in [5, 5.41) is 3.01. The van der Waals surface area contributed by atoms with Crippen LogP contribution in [0, 0.1) is 0 Å². The SMILES string of the molecule is O=C(NCc1ccc2c(c1)OCO2)[C@H](c1ccccc1)N(Cc1ccccc1)C(=O)COc1ccccc1. The first kappa shape index (κ1) is 24.9. The molecule has 1 aliphatic rings. The van der Waals surface area contributed by atoms with Crippen molar-refractivity contribution in [1.29, 1.82) is 0 Å². The third-order valence-corrected chi connectivity index (χ3v) is 6.20. The third kappa shape index (κ3) is 6.13. The highest BCUT2D eigenvalue weighted by Gasteiger charge is 2.32. The number of rotatable bonds is 10. The van der Waals surface area contributed by atoms with E-state index in [1.54, 1.807) is 17.0 Å². The molecule has 2 amide bonds. The van der Waals surface area contributed by atoms with Gasteiger partial charge in [-0.25, -0.2) is 0 Å². The van der Waals surface area contributed by atoms with Gasteiger partial charge in [0, 0.05) is 13.1 Å². The first-order valence-electron chi connectivity index (χ1n) is 12.4. The Bertz CT molecular complexity index is 1360. The molecule has 0 aliphatic carbocycles. The molecule has 1 aliphatic heterocycles. The van der Waals surface area contributed by atoms with Gasteiger partial charge >= 0.3 is 0 Å². The average molecular weight is 509 g/mol. The zero-order chi connectivity index (χ0) is 26.2. The Morgan fingerprint density at radius 2 is 1.45 bits per heavy atom. The van der Waals surface area contributed by atoms with E-state index in [0.29, 0.717) is 22.8 Å². The van der Waals surface area contributed by atoms with Crippen LogP contribution in [0.1, 0.15) is 22.7 Å². The van der Waals surface area contributed by atoms with Crippen molar-refractivity contribution in [2.24, 2.45) is 0 Å². The fraction of sp³-hybridized carbons (Fsp3) is 0.161. The maximum atomic E-state index is 13.8. The summed E-state index contributed by atoms with van der Waals surface area (Å²) >= 11 is 0. The number of carbonyl (C=O) groups excluding carboxylic acids is 2. The van der Waals surface area contributed by atoms with Crippen LogP contribution in [0.25, 0.3) is 0 Å². The summed E-state index contributed by atoms with van der Waals surface area (Å²) in [5.41, 5.74) is 2.48. The maximum Gasteiger partial charge on any atom is 0.261 e. The van der Waals surface area contributed by atoms with Crippen LogP contribution < -0.4 is 19.5 Å². The molecule has 0 saturated carbocycles. The molecule has 7 heteroatoms. The summed E-state index contributed by atoms with van der Waals surface area (Å²) < 4.78 is 16.6. The zero-order valence-electron chi connectivity index (χ0n) is 20.8. The highest BCUT2D eigenvalue weighted by Crippen LogP contribution is 2.32. The molecule has 4 aromatic rings. The minimum atomic E-state index is -0.864. The first-order chi connectivity index (χ1) is 18.7. The van der Waals surface area contributed by atoms with Gasteiger partial charge in [-0.1, -0.05) is 84.9 Å². The Hall–Kier alpha value is -4.78. The number of ether oxygens (including phenoxy) is 3. The topological polar surface area (TPSA) is 77.1 Å². The van der Waals surface area contributed by atoms with Crippen LogP contribution in [0.15, 0.2) is 109 Å². The Labute approximate surface area is 221 Å². The van der Waals surface area contributed by atoms with Crippen molar-refractivity contribution in [2.45, 2.75) is 19.1 Å². The zero-order valence-corrected chi connectivity index (χ0v) is 20.8. The number of benzene rings is 4. The molecule has 1 atom stereocenters. The van der Waals surface area contributed by atoms with Gasteiger partial charge in [0.2, 0.25) is 12.7 Å². The van der Waals surface area contributed by atoms with Crippen LogP contribution in [0.2, 0.25) is 0 Å². The van der Waals surface area contributed by atoms with E-state index in [9.17, 15) is 9.59 Å². The van der Waals surface area contributed by atoms with E-state index in [-0.39, 0.29) is 38.3 Å². The van der Waals surface area contributed by atoms with Gasteiger partial charge in [-0.2, -0.15) is 0 Å². The quantitative estimate of drug-likeness (QED) is 0.330. The average Bonchev–Trinajstić information content (AvgIpc) is 3.44. The monoisotopic (exact) mass is 508 g/mol. The second kappa shape index (κ2) is 12.0. The van der Waals surface area contributed by atoms with E-state index in [4.69, 9.17) is 14.2 Å². The predicted octanol–water partition coefficient (Wildman–Crippen LogP) is 4.88. The van der Waals surface area contributed by atoms with Gasteiger partial charge in [-0.3, -0.25) is 9.59 Å². The van der Waals surface area contributed by atoms with Crippen molar-refractivity contribution >= 4 is 11.8 Å². The third-order valence-electron chi connectivity index (χ3n) is 6.20. The van der Waals surface area contributed by atoms with E-state index < -0.39 is 6.04 Å². The molecule has 0 bridgehead atoms. The summed E-state index contributed by atoms with van der Waals surface area (Å²) in [4.78, 5) is 29.0. The highest BCUT2D eigenvalue weighted by atomic mass is 16.7. The van der Waals surface area contributed by atoms with Crippen LogP contribution in [0.4, 0.5) is 0 Å². The Kier molecular flexibility index (Phi) is 7.84. The van der Waals surface area contributed by atoms with Gasteiger partial charge in [0.1, 0.15) is 11.8 Å². The van der Waals surface area contributed by atoms with Gasteiger partial charge < -0.3 is 24.4 Å². The van der Waals surface area contributed by atoms with Gasteiger partial charge in [0.05, 0.1) is 0 Å². The normalized spacial score (nSPS) is 12.4. The van der Waals surface area contributed by atoms with Crippen molar-refractivity contribution in [1.82, 2.24) is 10.2 Å². The molecule has 38 heavy (non-hydrogen) atoms. The molecule has 7 nitrogen and oxygen atoms in total. The highest BCUT2D eigenvalue weighted by molar-refractivity contribution is 5.89. The second-order valence-electron chi connectivity index (χ2n) is 8.83. The maximum absolute atomic E-state index is 13.8.